The number of rotatable bonds is 10. The molecule has 1 rings (SSSR count). The Morgan fingerprint density at radius 2 is 1.65 bits per heavy atom. The van der Waals surface area contributed by atoms with E-state index in [9.17, 15) is 18.3 Å². The highest BCUT2D eigenvalue weighted by Crippen LogP contribution is 2.19. The predicted octanol–water partition coefficient (Wildman–Crippen LogP) is 1.90. The highest BCUT2D eigenvalue weighted by atomic mass is 32.2. The Morgan fingerprint density at radius 3 is 2.12 bits per heavy atom. The smallest absolute Gasteiger partial charge is 0.240 e. The number of benzene rings is 1. The summed E-state index contributed by atoms with van der Waals surface area (Å²) >= 11 is 0. The van der Waals surface area contributed by atoms with E-state index < -0.39 is 28.1 Å². The van der Waals surface area contributed by atoms with Crippen LogP contribution in [-0.2, 0) is 14.8 Å². The molecule has 7 heteroatoms. The summed E-state index contributed by atoms with van der Waals surface area (Å²) in [4.78, 5) is 14.6. The van der Waals surface area contributed by atoms with Gasteiger partial charge in [-0.1, -0.05) is 39.0 Å². The van der Waals surface area contributed by atoms with E-state index >= 15 is 0 Å². The first-order valence-electron chi connectivity index (χ1n) is 8.97. The monoisotopic (exact) mass is 384 g/mol. The van der Waals surface area contributed by atoms with Crippen LogP contribution in [0.5, 0.6) is 0 Å². The first-order valence-corrected chi connectivity index (χ1v) is 10.5. The van der Waals surface area contributed by atoms with E-state index in [2.05, 4.69) is 4.72 Å². The molecule has 0 radical (unpaired) electrons. The second-order valence-corrected chi connectivity index (χ2v) is 9.16. The topological polar surface area (TPSA) is 86.7 Å². The van der Waals surface area contributed by atoms with Gasteiger partial charge in [-0.15, -0.1) is 0 Å². The zero-order valence-electron chi connectivity index (χ0n) is 16.5. The molecule has 0 saturated carbocycles. The molecule has 26 heavy (non-hydrogen) atoms. The fraction of sp³-hybridized carbons (Fsp3) is 0.632. The van der Waals surface area contributed by atoms with Gasteiger partial charge in [0.1, 0.15) is 0 Å². The van der Waals surface area contributed by atoms with Crippen LogP contribution in [0.1, 0.15) is 34.6 Å². The van der Waals surface area contributed by atoms with Crippen molar-refractivity contribution in [1.29, 1.82) is 0 Å². The molecule has 0 spiro atoms. The molecule has 0 unspecified atom stereocenters. The molecule has 0 amide bonds. The van der Waals surface area contributed by atoms with E-state index in [-0.39, 0.29) is 29.2 Å². The normalized spacial score (nSPS) is 16.1. The highest BCUT2D eigenvalue weighted by Gasteiger charge is 2.36. The summed E-state index contributed by atoms with van der Waals surface area (Å²) in [6, 6.07) is 7.48. The van der Waals surface area contributed by atoms with Crippen LogP contribution in [0, 0.1) is 11.8 Å². The molecule has 2 N–H and O–H groups in total. The molecule has 0 aliphatic heterocycles. The molecule has 1 aromatic carbocycles. The van der Waals surface area contributed by atoms with Gasteiger partial charge in [0.15, 0.2) is 5.78 Å². The molecule has 0 bridgehead atoms. The van der Waals surface area contributed by atoms with Crippen molar-refractivity contribution >= 4 is 15.8 Å². The van der Waals surface area contributed by atoms with E-state index in [4.69, 9.17) is 0 Å². The third kappa shape index (κ3) is 5.87. The summed E-state index contributed by atoms with van der Waals surface area (Å²) in [5.74, 6) is -0.696. The van der Waals surface area contributed by atoms with E-state index in [0.717, 1.165) is 0 Å². The van der Waals surface area contributed by atoms with Gasteiger partial charge < -0.3 is 5.11 Å². The summed E-state index contributed by atoms with van der Waals surface area (Å²) in [5.41, 5.74) is 0. The van der Waals surface area contributed by atoms with Crippen molar-refractivity contribution in [2.75, 3.05) is 13.6 Å². The highest BCUT2D eigenvalue weighted by molar-refractivity contribution is 7.89. The van der Waals surface area contributed by atoms with Crippen molar-refractivity contribution in [2.45, 2.75) is 57.7 Å². The average Bonchev–Trinajstić information content (AvgIpc) is 2.60. The number of hydrogen-bond donors (Lipinski definition) is 2. The standard InChI is InChI=1S/C19H32N2O4S/c1-13(2)18(22)17(21(6)14(3)4)19(23)15(5)12-20-26(24,25)16-10-8-7-9-11-16/h7-11,13-15,17,19-20,23H,12H2,1-6H3/t15-,17-,19-/m1/s1. The largest absolute Gasteiger partial charge is 0.391 e. The van der Waals surface area contributed by atoms with Gasteiger partial charge in [-0.25, -0.2) is 13.1 Å². The van der Waals surface area contributed by atoms with Gasteiger partial charge in [0.05, 0.1) is 17.0 Å². The van der Waals surface area contributed by atoms with E-state index in [1.807, 2.05) is 18.7 Å². The maximum Gasteiger partial charge on any atom is 0.240 e. The van der Waals surface area contributed by atoms with Crippen molar-refractivity contribution in [3.8, 4) is 0 Å². The average molecular weight is 385 g/mol. The molecule has 1 aromatic rings. The first-order chi connectivity index (χ1) is 12.0. The SMILES string of the molecule is CC(C)C(=O)[C@H]([C@H](O)[C@H](C)CNS(=O)(=O)c1ccccc1)N(C)C(C)C. The minimum absolute atomic E-state index is 0.0478. The predicted molar refractivity (Wildman–Crippen MR) is 103 cm³/mol. The van der Waals surface area contributed by atoms with Crippen molar-refractivity contribution in [3.05, 3.63) is 30.3 Å². The minimum Gasteiger partial charge on any atom is -0.391 e. The molecule has 0 fully saturated rings. The Hall–Kier alpha value is -1.28. The van der Waals surface area contributed by atoms with Crippen LogP contribution in [0.25, 0.3) is 0 Å². The van der Waals surface area contributed by atoms with Gasteiger partial charge in [0.25, 0.3) is 0 Å². The number of carbonyl (C=O) groups is 1. The number of carbonyl (C=O) groups excluding carboxylic acids is 1. The van der Waals surface area contributed by atoms with Crippen LogP contribution in [0.3, 0.4) is 0 Å². The lowest BCUT2D eigenvalue weighted by molar-refractivity contribution is -0.133. The molecule has 0 aliphatic rings. The maximum atomic E-state index is 12.6. The van der Waals surface area contributed by atoms with E-state index in [1.54, 1.807) is 46.0 Å². The van der Waals surface area contributed by atoms with Gasteiger partial charge in [0, 0.05) is 18.5 Å². The molecular weight excluding hydrogens is 352 g/mol. The molecule has 0 heterocycles. The fourth-order valence-corrected chi connectivity index (χ4v) is 3.79. The lowest BCUT2D eigenvalue weighted by Gasteiger charge is -2.37. The third-order valence-corrected chi connectivity index (χ3v) is 6.11. The number of sulfonamides is 1. The van der Waals surface area contributed by atoms with Crippen LogP contribution in [0.15, 0.2) is 35.2 Å². The zero-order chi connectivity index (χ0) is 20.1. The second kappa shape index (κ2) is 9.60. The number of nitrogens with one attached hydrogen (secondary N) is 1. The van der Waals surface area contributed by atoms with Gasteiger partial charge in [-0.05, 0) is 38.9 Å². The van der Waals surface area contributed by atoms with Crippen LogP contribution >= 0.6 is 0 Å². The number of Topliss-reactive ketones (excluding diaryl/α,β-unsaturated/α-hetero) is 1. The lowest BCUT2D eigenvalue weighted by Crippen LogP contribution is -2.54. The molecular formula is C19H32N2O4S. The quantitative estimate of drug-likeness (QED) is 0.643. The van der Waals surface area contributed by atoms with Crippen LogP contribution in [-0.4, -0.2) is 56.0 Å². The number of likely N-dealkylation sites (N-methyl/N-ethyl adjacent to an activating group) is 1. The summed E-state index contributed by atoms with van der Waals surface area (Å²) < 4.78 is 27.2. The Bertz CT molecular complexity index is 674. The number of ketones is 1. The van der Waals surface area contributed by atoms with Gasteiger partial charge in [-0.3, -0.25) is 9.69 Å². The summed E-state index contributed by atoms with van der Waals surface area (Å²) in [6.45, 7) is 9.31. The fourth-order valence-electron chi connectivity index (χ4n) is 2.63. The summed E-state index contributed by atoms with van der Waals surface area (Å²) in [7, 11) is -1.84. The third-order valence-electron chi connectivity index (χ3n) is 4.67. The van der Waals surface area contributed by atoms with Crippen molar-refractivity contribution < 1.29 is 18.3 Å². The maximum absolute atomic E-state index is 12.6. The van der Waals surface area contributed by atoms with Crippen LogP contribution < -0.4 is 4.72 Å². The number of aliphatic hydroxyl groups excluding tert-OH is 1. The molecule has 6 nitrogen and oxygen atoms in total. The van der Waals surface area contributed by atoms with Gasteiger partial charge in [0.2, 0.25) is 10.0 Å². The molecule has 0 aromatic heterocycles. The van der Waals surface area contributed by atoms with E-state index in [1.165, 1.54) is 12.1 Å². The Morgan fingerprint density at radius 1 is 1.12 bits per heavy atom. The van der Waals surface area contributed by atoms with Crippen molar-refractivity contribution in [2.24, 2.45) is 11.8 Å². The Balaban J connectivity index is 2.88. The van der Waals surface area contributed by atoms with Crippen LogP contribution in [0.2, 0.25) is 0 Å². The molecule has 0 aliphatic carbocycles. The van der Waals surface area contributed by atoms with Gasteiger partial charge >= 0.3 is 0 Å². The number of hydrogen-bond acceptors (Lipinski definition) is 5. The zero-order valence-corrected chi connectivity index (χ0v) is 17.3. The Labute approximate surface area is 157 Å². The lowest BCUT2D eigenvalue weighted by atomic mass is 9.89. The first kappa shape index (κ1) is 22.8. The van der Waals surface area contributed by atoms with Gasteiger partial charge in [-0.2, -0.15) is 0 Å². The Kier molecular flexibility index (Phi) is 8.40. The summed E-state index contributed by atoms with van der Waals surface area (Å²) in [6.07, 6.45) is -0.976. The van der Waals surface area contributed by atoms with E-state index in [0.29, 0.717) is 0 Å². The van der Waals surface area contributed by atoms with Crippen molar-refractivity contribution in [3.63, 3.8) is 0 Å². The minimum atomic E-state index is -3.65. The summed E-state index contributed by atoms with van der Waals surface area (Å²) in [5, 5.41) is 10.8. The molecule has 3 atom stereocenters. The molecule has 0 saturated heterocycles. The van der Waals surface area contributed by atoms with Crippen molar-refractivity contribution in [1.82, 2.24) is 9.62 Å². The number of aliphatic hydroxyl groups is 1. The number of nitrogens with zero attached hydrogens (tertiary/aromatic N) is 1. The second-order valence-electron chi connectivity index (χ2n) is 7.39. The molecule has 148 valence electrons. The van der Waals surface area contributed by atoms with Crippen LogP contribution in [0.4, 0.5) is 0 Å².